The van der Waals surface area contributed by atoms with Crippen LogP contribution in [-0.4, -0.2) is 39.6 Å². The van der Waals surface area contributed by atoms with Crippen molar-refractivity contribution in [1.29, 1.82) is 5.26 Å². The Labute approximate surface area is 212 Å². The molecule has 1 aliphatic rings. The molecule has 12 heteroatoms. The zero-order valence-electron chi connectivity index (χ0n) is 18.6. The number of halogens is 2. The molecule has 180 valence electrons. The molecule has 8 nitrogen and oxygen atoms in total. The van der Waals surface area contributed by atoms with Gasteiger partial charge in [0.1, 0.15) is 22.5 Å². The molecule has 1 aliphatic carbocycles. The molecule has 0 aliphatic heterocycles. The van der Waals surface area contributed by atoms with Gasteiger partial charge in [0.25, 0.3) is 5.91 Å². The largest absolute Gasteiger partial charge is 0.385 e. The average molecular weight is 568 g/mol. The van der Waals surface area contributed by atoms with E-state index in [1.54, 1.807) is 31.1 Å². The van der Waals surface area contributed by atoms with Gasteiger partial charge in [0, 0.05) is 40.7 Å². The van der Waals surface area contributed by atoms with E-state index < -0.39 is 22.7 Å². The summed E-state index contributed by atoms with van der Waals surface area (Å²) in [5.74, 6) is -0.983. The Kier molecular flexibility index (Phi) is 9.46. The zero-order chi connectivity index (χ0) is 24.7. The van der Waals surface area contributed by atoms with Crippen molar-refractivity contribution in [3.8, 4) is 6.07 Å². The number of nitriles is 1. The van der Waals surface area contributed by atoms with Crippen molar-refractivity contribution in [1.82, 2.24) is 14.7 Å². The van der Waals surface area contributed by atoms with Gasteiger partial charge in [-0.3, -0.25) is 14.5 Å². The van der Waals surface area contributed by atoms with Crippen molar-refractivity contribution in [3.63, 3.8) is 0 Å². The van der Waals surface area contributed by atoms with Gasteiger partial charge in [0.15, 0.2) is 5.13 Å². The Morgan fingerprint density at radius 2 is 2.32 bits per heavy atom. The van der Waals surface area contributed by atoms with Crippen LogP contribution in [0, 0.1) is 30.0 Å². The monoisotopic (exact) mass is 567 g/mol. The van der Waals surface area contributed by atoms with Gasteiger partial charge in [-0.05, 0) is 47.8 Å². The van der Waals surface area contributed by atoms with Crippen molar-refractivity contribution in [2.75, 3.05) is 24.4 Å². The second-order valence-electron chi connectivity index (χ2n) is 7.36. The number of ether oxygens (including phenoxy) is 1. The summed E-state index contributed by atoms with van der Waals surface area (Å²) in [5, 5.41) is 9.64. The molecule has 2 atom stereocenters. The SMILES string of the molecule is COCCCS(=O)NC(=O)c1nc(N(Cc2ncc(Br)cc2F)C2=CCC(C#N)C=C2)sc1C. The smallest absolute Gasteiger partial charge is 0.282 e. The molecule has 2 aromatic heterocycles. The molecule has 2 unspecified atom stereocenters. The quantitative estimate of drug-likeness (QED) is 0.429. The van der Waals surface area contributed by atoms with E-state index in [-0.39, 0.29) is 29.6 Å². The van der Waals surface area contributed by atoms with E-state index in [0.29, 0.717) is 33.9 Å². The van der Waals surface area contributed by atoms with Gasteiger partial charge in [0.05, 0.1) is 24.2 Å². The van der Waals surface area contributed by atoms with Crippen LogP contribution in [0.3, 0.4) is 0 Å². The highest BCUT2D eigenvalue weighted by Gasteiger charge is 2.24. The van der Waals surface area contributed by atoms with E-state index in [0.717, 1.165) is 5.70 Å². The van der Waals surface area contributed by atoms with E-state index in [9.17, 15) is 18.7 Å². The zero-order valence-corrected chi connectivity index (χ0v) is 21.8. The van der Waals surface area contributed by atoms with Crippen LogP contribution in [-0.2, 0) is 22.3 Å². The van der Waals surface area contributed by atoms with Crippen molar-refractivity contribution in [2.45, 2.75) is 26.3 Å². The number of anilines is 1. The number of hydrogen-bond donors (Lipinski definition) is 1. The summed E-state index contributed by atoms with van der Waals surface area (Å²) in [7, 11) is 0.00222. The lowest BCUT2D eigenvalue weighted by atomic mass is 10.0. The molecule has 0 radical (unpaired) electrons. The van der Waals surface area contributed by atoms with Gasteiger partial charge < -0.3 is 9.64 Å². The maximum atomic E-state index is 14.6. The fourth-order valence-electron chi connectivity index (χ4n) is 3.13. The molecule has 0 bridgehead atoms. The highest BCUT2D eigenvalue weighted by molar-refractivity contribution is 9.10. The summed E-state index contributed by atoms with van der Waals surface area (Å²) in [6.45, 7) is 2.27. The van der Waals surface area contributed by atoms with Crippen molar-refractivity contribution < 1.29 is 18.1 Å². The van der Waals surface area contributed by atoms with Crippen LogP contribution < -0.4 is 9.62 Å². The molecule has 1 N–H and O–H groups in total. The van der Waals surface area contributed by atoms with Crippen molar-refractivity contribution >= 4 is 49.3 Å². The molecular weight excluding hydrogens is 545 g/mol. The number of aromatic nitrogens is 2. The minimum atomic E-state index is -1.55. The standard InChI is InChI=1S/C22H23BrFN5O3S2/c1-14-20(21(30)28-34(31)9-3-8-32-2)27-22(33-14)29(17-6-4-15(11-25)5-7-17)13-19-18(24)10-16(23)12-26-19/h4,6-7,10,12,15H,3,5,8-9,13H2,1-2H3,(H,28,30). The third-order valence-electron chi connectivity index (χ3n) is 4.87. The molecule has 2 heterocycles. The van der Waals surface area contributed by atoms with E-state index in [4.69, 9.17) is 4.74 Å². The number of methoxy groups -OCH3 is 1. The molecular formula is C22H23BrFN5O3S2. The number of nitrogens with one attached hydrogen (secondary N) is 1. The predicted molar refractivity (Wildman–Crippen MR) is 133 cm³/mol. The maximum Gasteiger partial charge on any atom is 0.282 e. The Balaban J connectivity index is 1.87. The van der Waals surface area contributed by atoms with Gasteiger partial charge in [-0.2, -0.15) is 5.26 Å². The first-order valence-corrected chi connectivity index (χ1v) is 13.3. The van der Waals surface area contributed by atoms with E-state index in [1.807, 2.05) is 6.08 Å². The summed E-state index contributed by atoms with van der Waals surface area (Å²) in [4.78, 5) is 23.8. The predicted octanol–water partition coefficient (Wildman–Crippen LogP) is 4.17. The Hall–Kier alpha value is -2.46. The third-order valence-corrected chi connectivity index (χ3v) is 7.37. The summed E-state index contributed by atoms with van der Waals surface area (Å²) in [6.07, 6.45) is 8.02. The lowest BCUT2D eigenvalue weighted by molar-refractivity contribution is 0.0978. The van der Waals surface area contributed by atoms with Gasteiger partial charge in [-0.25, -0.2) is 13.6 Å². The minimum absolute atomic E-state index is 0.0729. The highest BCUT2D eigenvalue weighted by atomic mass is 79.9. The molecule has 3 rings (SSSR count). The summed E-state index contributed by atoms with van der Waals surface area (Å²) < 4.78 is 34.7. The first-order valence-electron chi connectivity index (χ1n) is 10.3. The molecule has 1 amide bonds. The molecule has 0 aromatic carbocycles. The Morgan fingerprint density at radius 1 is 1.53 bits per heavy atom. The average Bonchev–Trinajstić information content (AvgIpc) is 3.20. The first kappa shape index (κ1) is 26.2. The number of allylic oxidation sites excluding steroid dienone is 3. The highest BCUT2D eigenvalue weighted by Crippen LogP contribution is 2.32. The van der Waals surface area contributed by atoms with Gasteiger partial charge in [0.2, 0.25) is 0 Å². The van der Waals surface area contributed by atoms with Crippen LogP contribution in [0.4, 0.5) is 9.52 Å². The number of hydrogen-bond acceptors (Lipinski definition) is 8. The number of pyridine rings is 1. The molecule has 0 spiro atoms. The fraction of sp³-hybridized carbons (Fsp3) is 0.364. The van der Waals surface area contributed by atoms with Crippen LogP contribution in [0.5, 0.6) is 0 Å². The lowest BCUT2D eigenvalue weighted by Gasteiger charge is -2.25. The summed E-state index contributed by atoms with van der Waals surface area (Å²) in [6, 6.07) is 3.54. The van der Waals surface area contributed by atoms with E-state index in [2.05, 4.69) is 36.7 Å². The second kappa shape index (κ2) is 12.3. The molecule has 2 aromatic rings. The number of nitrogens with zero attached hydrogens (tertiary/aromatic N) is 4. The van der Waals surface area contributed by atoms with Crippen LogP contribution in [0.1, 0.15) is 33.9 Å². The number of carbonyl (C=O) groups is 1. The molecule has 0 saturated carbocycles. The number of carbonyl (C=O) groups excluding carboxylic acids is 1. The van der Waals surface area contributed by atoms with E-state index in [1.165, 1.54) is 23.6 Å². The third kappa shape index (κ3) is 6.79. The number of aryl methyl sites for hydroxylation is 1. The van der Waals surface area contributed by atoms with Crippen molar-refractivity contribution in [2.24, 2.45) is 5.92 Å². The van der Waals surface area contributed by atoms with Gasteiger partial charge >= 0.3 is 0 Å². The lowest BCUT2D eigenvalue weighted by Crippen LogP contribution is -2.29. The fourth-order valence-corrected chi connectivity index (χ4v) is 5.14. The summed E-state index contributed by atoms with van der Waals surface area (Å²) in [5.41, 5.74) is 1.09. The Morgan fingerprint density at radius 3 is 2.97 bits per heavy atom. The van der Waals surface area contributed by atoms with E-state index >= 15 is 0 Å². The van der Waals surface area contributed by atoms with Crippen LogP contribution in [0.2, 0.25) is 0 Å². The summed E-state index contributed by atoms with van der Waals surface area (Å²) >= 11 is 4.47. The Bertz CT molecular complexity index is 1180. The molecule has 0 fully saturated rings. The van der Waals surface area contributed by atoms with Crippen molar-refractivity contribution in [3.05, 3.63) is 62.7 Å². The van der Waals surface area contributed by atoms with Gasteiger partial charge in [-0.15, -0.1) is 11.3 Å². The number of amides is 1. The molecule has 34 heavy (non-hydrogen) atoms. The van der Waals surface area contributed by atoms with Crippen LogP contribution in [0.15, 0.2) is 40.7 Å². The van der Waals surface area contributed by atoms with Crippen LogP contribution in [0.25, 0.3) is 0 Å². The normalized spacial score (nSPS) is 16.0. The molecule has 0 saturated heterocycles. The minimum Gasteiger partial charge on any atom is -0.385 e. The maximum absolute atomic E-state index is 14.6. The topological polar surface area (TPSA) is 108 Å². The van der Waals surface area contributed by atoms with Gasteiger partial charge in [-0.1, -0.05) is 12.2 Å². The number of thiazole rings is 1. The van der Waals surface area contributed by atoms with Crippen LogP contribution >= 0.6 is 27.3 Å². The first-order chi connectivity index (χ1) is 16.3. The number of rotatable bonds is 10. The second-order valence-corrected chi connectivity index (χ2v) is 10.8.